The number of likely N-dealkylation sites (N-methyl/N-ethyl adjacent to an activating group) is 2. The van der Waals surface area contributed by atoms with Gasteiger partial charge in [0.25, 0.3) is 0 Å². The van der Waals surface area contributed by atoms with Crippen LogP contribution in [0.4, 0.5) is 4.39 Å². The first-order chi connectivity index (χ1) is 12.0. The Morgan fingerprint density at radius 2 is 1.96 bits per heavy atom. The largest absolute Gasteiger partial charge is 0.465 e. The quantitative estimate of drug-likeness (QED) is 0.608. The second-order valence-corrected chi connectivity index (χ2v) is 8.63. The van der Waals surface area contributed by atoms with E-state index < -0.39 is 11.6 Å². The lowest BCUT2D eigenvalue weighted by Crippen LogP contribution is -2.76. The summed E-state index contributed by atoms with van der Waals surface area (Å²) in [6, 6.07) is 0. The molecule has 0 aromatic rings. The van der Waals surface area contributed by atoms with Crippen LogP contribution >= 0.6 is 0 Å². The molecule has 0 atom stereocenters. The van der Waals surface area contributed by atoms with E-state index in [1.54, 1.807) is 18.0 Å². The number of nitrogens with one attached hydrogen (secondary N) is 1. The first-order valence-corrected chi connectivity index (χ1v) is 8.70. The van der Waals surface area contributed by atoms with E-state index in [0.717, 1.165) is 0 Å². The lowest BCUT2D eigenvalue weighted by molar-refractivity contribution is -0.211. The third-order valence-electron chi connectivity index (χ3n) is 5.46. The summed E-state index contributed by atoms with van der Waals surface area (Å²) < 4.78 is 18.9. The van der Waals surface area contributed by atoms with Crippen molar-refractivity contribution in [2.45, 2.75) is 56.8 Å². The van der Waals surface area contributed by atoms with Crippen LogP contribution in [0.2, 0.25) is 0 Å². The van der Waals surface area contributed by atoms with Gasteiger partial charge in [0.2, 0.25) is 0 Å². The molecule has 0 aromatic carbocycles. The Hall–Kier alpha value is -2.27. The predicted octanol–water partition coefficient (Wildman–Crippen LogP) is 1.88. The number of carbonyl (C=O) groups excluding carboxylic acids is 2. The standard InChI is InChI=1S/C19H26FN3O3/c1-17(2,3)21-15-12(16(25)26-6)7-13(14(8-24)22(15)4)23(5)19-9-18(20,10-19)11-19/h7,21H,9-11H2,1-6H3. The first-order valence-electron chi connectivity index (χ1n) is 8.70. The number of alkyl halides is 1. The van der Waals surface area contributed by atoms with Crippen LogP contribution in [0.5, 0.6) is 0 Å². The molecule has 0 unspecified atom stereocenters. The van der Waals surface area contributed by atoms with Gasteiger partial charge in [0.15, 0.2) is 11.6 Å². The Morgan fingerprint density at radius 1 is 1.38 bits per heavy atom. The summed E-state index contributed by atoms with van der Waals surface area (Å²) in [7, 11) is 4.87. The number of ether oxygens (including phenoxy) is 1. The number of halogens is 1. The maximum absolute atomic E-state index is 14.0. The molecule has 0 aromatic heterocycles. The highest BCUT2D eigenvalue weighted by atomic mass is 19.1. The van der Waals surface area contributed by atoms with Crippen LogP contribution in [0.3, 0.4) is 0 Å². The van der Waals surface area contributed by atoms with E-state index in [9.17, 15) is 14.0 Å². The van der Waals surface area contributed by atoms with Crippen molar-refractivity contribution in [2.24, 2.45) is 0 Å². The molecule has 1 aliphatic heterocycles. The molecule has 6 nitrogen and oxygen atoms in total. The zero-order chi connectivity index (χ0) is 19.5. The van der Waals surface area contributed by atoms with E-state index in [1.807, 2.05) is 38.7 Å². The molecule has 3 aliphatic carbocycles. The van der Waals surface area contributed by atoms with Gasteiger partial charge >= 0.3 is 5.97 Å². The van der Waals surface area contributed by atoms with Crippen molar-refractivity contribution in [1.29, 1.82) is 0 Å². The number of hydrogen-bond donors (Lipinski definition) is 1. The average molecular weight is 363 g/mol. The molecular formula is C19H26FN3O3. The molecule has 2 bridgehead atoms. The summed E-state index contributed by atoms with van der Waals surface area (Å²) in [5.74, 6) is 1.97. The van der Waals surface area contributed by atoms with Gasteiger partial charge in [0.05, 0.1) is 12.8 Å². The Bertz CT molecular complexity index is 752. The van der Waals surface area contributed by atoms with Gasteiger partial charge in [-0.3, -0.25) is 0 Å². The monoisotopic (exact) mass is 363 g/mol. The van der Waals surface area contributed by atoms with Crippen molar-refractivity contribution >= 4 is 11.9 Å². The molecule has 0 spiro atoms. The molecule has 3 fully saturated rings. The van der Waals surface area contributed by atoms with Crippen LogP contribution in [0.15, 0.2) is 28.9 Å². The van der Waals surface area contributed by atoms with Gasteiger partial charge in [-0.05, 0) is 26.8 Å². The highest BCUT2D eigenvalue weighted by Gasteiger charge is 2.71. The summed E-state index contributed by atoms with van der Waals surface area (Å²) >= 11 is 0. The Kier molecular flexibility index (Phi) is 4.00. The summed E-state index contributed by atoms with van der Waals surface area (Å²) in [5.41, 5.74) is -0.469. The molecule has 0 saturated heterocycles. The van der Waals surface area contributed by atoms with Crippen LogP contribution in [-0.2, 0) is 14.3 Å². The van der Waals surface area contributed by atoms with Crippen molar-refractivity contribution < 1.29 is 18.7 Å². The SMILES string of the molecule is COC(=O)C1=C(NC(C)(C)C)N(C)C(=C=O)C(N(C)C23CC(F)(C2)C3)=C1. The van der Waals surface area contributed by atoms with Gasteiger partial charge in [-0.1, -0.05) is 0 Å². The lowest BCUT2D eigenvalue weighted by Gasteiger charge is -2.69. The van der Waals surface area contributed by atoms with Gasteiger partial charge in [-0.25, -0.2) is 14.0 Å². The maximum atomic E-state index is 14.0. The van der Waals surface area contributed by atoms with Crippen molar-refractivity contribution in [3.63, 3.8) is 0 Å². The van der Waals surface area contributed by atoms with Crippen LogP contribution in [0, 0.1) is 0 Å². The van der Waals surface area contributed by atoms with Gasteiger partial charge in [-0.2, -0.15) is 0 Å². The van der Waals surface area contributed by atoms with Gasteiger partial charge in [0.1, 0.15) is 17.1 Å². The molecule has 1 heterocycles. The Balaban J connectivity index is 2.05. The molecule has 0 amide bonds. The summed E-state index contributed by atoms with van der Waals surface area (Å²) in [4.78, 5) is 27.7. The van der Waals surface area contributed by atoms with Gasteiger partial charge in [-0.15, -0.1) is 0 Å². The highest BCUT2D eigenvalue weighted by Crippen LogP contribution is 2.66. The minimum Gasteiger partial charge on any atom is -0.465 e. The fraction of sp³-hybridized carbons (Fsp3) is 0.632. The number of esters is 1. The molecule has 4 rings (SSSR count). The van der Waals surface area contributed by atoms with Crippen LogP contribution in [0.1, 0.15) is 40.0 Å². The molecule has 0 radical (unpaired) electrons. The van der Waals surface area contributed by atoms with E-state index in [2.05, 4.69) is 5.32 Å². The summed E-state index contributed by atoms with van der Waals surface area (Å²) in [5, 5.41) is 3.26. The first kappa shape index (κ1) is 18.5. The lowest BCUT2D eigenvalue weighted by atomic mass is 9.46. The van der Waals surface area contributed by atoms with Crippen molar-refractivity contribution in [3.8, 4) is 0 Å². The van der Waals surface area contributed by atoms with E-state index in [0.29, 0.717) is 42.1 Å². The maximum Gasteiger partial charge on any atom is 0.341 e. The van der Waals surface area contributed by atoms with E-state index in [-0.39, 0.29) is 11.1 Å². The zero-order valence-electron chi connectivity index (χ0n) is 16.2. The number of nitrogens with zero attached hydrogens (tertiary/aromatic N) is 2. The molecular weight excluding hydrogens is 337 g/mol. The third kappa shape index (κ3) is 2.71. The Labute approximate surface area is 153 Å². The van der Waals surface area contributed by atoms with Gasteiger partial charge in [0, 0.05) is 44.4 Å². The summed E-state index contributed by atoms with van der Waals surface area (Å²) in [6.07, 6.45) is 3.00. The van der Waals surface area contributed by atoms with Crippen molar-refractivity contribution in [1.82, 2.24) is 15.1 Å². The molecule has 4 aliphatic rings. The van der Waals surface area contributed by atoms with E-state index >= 15 is 0 Å². The van der Waals surface area contributed by atoms with Crippen LogP contribution < -0.4 is 5.32 Å². The van der Waals surface area contributed by atoms with E-state index in [1.165, 1.54) is 7.11 Å². The molecule has 7 heteroatoms. The minimum atomic E-state index is -1.06. The fourth-order valence-corrected chi connectivity index (χ4v) is 4.11. The molecule has 26 heavy (non-hydrogen) atoms. The van der Waals surface area contributed by atoms with Crippen molar-refractivity contribution in [3.05, 3.63) is 28.9 Å². The number of methoxy groups -OCH3 is 1. The number of rotatable bonds is 4. The van der Waals surface area contributed by atoms with Crippen molar-refractivity contribution in [2.75, 3.05) is 21.2 Å². The second kappa shape index (κ2) is 5.61. The average Bonchev–Trinajstić information content (AvgIpc) is 2.49. The normalized spacial score (nSPS) is 30.0. The predicted molar refractivity (Wildman–Crippen MR) is 95.2 cm³/mol. The molecule has 3 saturated carbocycles. The second-order valence-electron chi connectivity index (χ2n) is 8.63. The Morgan fingerprint density at radius 3 is 2.38 bits per heavy atom. The number of carbonyl (C=O) groups is 1. The fourth-order valence-electron chi connectivity index (χ4n) is 4.11. The highest BCUT2D eigenvalue weighted by molar-refractivity contribution is 5.93. The van der Waals surface area contributed by atoms with Crippen LogP contribution in [-0.4, -0.2) is 59.7 Å². The van der Waals surface area contributed by atoms with Crippen LogP contribution in [0.25, 0.3) is 0 Å². The number of hydrogen-bond acceptors (Lipinski definition) is 6. The third-order valence-corrected chi connectivity index (χ3v) is 5.46. The summed E-state index contributed by atoms with van der Waals surface area (Å²) in [6.45, 7) is 5.88. The minimum absolute atomic E-state index is 0.278. The topological polar surface area (TPSA) is 61.9 Å². The smallest absolute Gasteiger partial charge is 0.341 e. The van der Waals surface area contributed by atoms with E-state index in [4.69, 9.17) is 4.74 Å². The zero-order valence-corrected chi connectivity index (χ0v) is 16.2. The molecule has 142 valence electrons. The molecule has 1 N–H and O–H groups in total. The van der Waals surface area contributed by atoms with Gasteiger partial charge < -0.3 is 19.9 Å².